The molecule has 0 aliphatic carbocycles. The summed E-state index contributed by atoms with van der Waals surface area (Å²) in [6.45, 7) is 3.18. The maximum Gasteiger partial charge on any atom is 0.404 e. The maximum absolute atomic E-state index is 15.2. The first kappa shape index (κ1) is 77.7. The van der Waals surface area contributed by atoms with Gasteiger partial charge in [-0.05, 0) is 31.7 Å². The first-order valence-corrected chi connectivity index (χ1v) is 33.8. The van der Waals surface area contributed by atoms with Gasteiger partial charge in [-0.25, -0.2) is 29.7 Å². The smallest absolute Gasteiger partial charge is 0.404 e. The number of anilines is 1. The topological polar surface area (TPSA) is 627 Å². The summed E-state index contributed by atoms with van der Waals surface area (Å²) in [5, 5.41) is 108. The van der Waals surface area contributed by atoms with Gasteiger partial charge < -0.3 is 130 Å². The van der Waals surface area contributed by atoms with Crippen molar-refractivity contribution in [1.29, 1.82) is 0 Å². The number of H-pyrrole nitrogens is 1. The van der Waals surface area contributed by atoms with E-state index in [9.17, 15) is 74.4 Å². The fourth-order valence-electron chi connectivity index (χ4n) is 9.80. The zero-order valence-corrected chi connectivity index (χ0v) is 55.3. The highest BCUT2D eigenvalue weighted by Crippen LogP contribution is 2.35. The molecule has 0 bridgehead atoms. The van der Waals surface area contributed by atoms with E-state index in [0.717, 1.165) is 24.7 Å². The number of aromatic nitrogens is 6. The number of carbonyl (C=O) groups excluding carboxylic acids is 8. The molecule has 19 atom stereocenters. The summed E-state index contributed by atoms with van der Waals surface area (Å²) in [5.41, 5.74) is 28.1. The number of aromatic amines is 1. The third kappa shape index (κ3) is 20.6. The van der Waals surface area contributed by atoms with Gasteiger partial charge in [0.1, 0.15) is 100 Å². The molecule has 38 nitrogen and oxygen atoms in total. The van der Waals surface area contributed by atoms with Crippen LogP contribution in [0.3, 0.4) is 0 Å². The molecule has 6 rings (SSSR count). The van der Waals surface area contributed by atoms with Crippen molar-refractivity contribution in [2.45, 2.75) is 157 Å². The zero-order chi connectivity index (χ0) is 71.0. The average molecular weight is 1420 g/mol. The van der Waals surface area contributed by atoms with Crippen molar-refractivity contribution >= 4 is 86.8 Å². The summed E-state index contributed by atoms with van der Waals surface area (Å²) in [6, 6.07) is -7.85. The molecule has 41 heteroatoms. The number of rotatable bonds is 35. The Labute approximate surface area is 559 Å². The Balaban J connectivity index is 1.26. The summed E-state index contributed by atoms with van der Waals surface area (Å²) >= 11 is 2.52. The van der Waals surface area contributed by atoms with Crippen molar-refractivity contribution in [2.24, 2.45) is 28.9 Å². The Morgan fingerprint density at radius 1 is 0.781 bits per heavy atom. The van der Waals surface area contributed by atoms with Gasteiger partial charge in [-0.1, -0.05) is 6.92 Å². The number of nitrogen functional groups attached to an aromatic ring is 1. The summed E-state index contributed by atoms with van der Waals surface area (Å²) in [7, 11) is 0.254. The van der Waals surface area contributed by atoms with Crippen molar-refractivity contribution in [1.82, 2.24) is 61.8 Å². The van der Waals surface area contributed by atoms with E-state index in [4.69, 9.17) is 52.4 Å². The number of nitrogens with one attached hydrogen (secondary N) is 7. The standard InChI is InChI=1S/C55H83N17O21S3/c1-20-33(69-46(72-44(20)58)25(12-31(57)76)64-13-24(56)45(59)82)50(86)71-35(41(26-14-61-19-65-26)91-54-43(39(80)37(78)29(15-73)90-54)92-53-40(81)42(93-55(60)88)38(79)30(16-74)89-53)51(87)66-22(3)36(77)21(2)47(83)70-34(23(4)75)49(85)63-10-8-32-67-28(18-94-32)52-68-27(17-95-52)48(84)62-9-7-11-96(5)6/h14,17-19,21-25,29-30,34-43,53-54,64,73-75,77-81H,7-13,15-16,56H2,1-6H3,(H13-,57,58,59,60,61,62,63,65,66,69,70,71,72,76,82,83,84,85,86,87,88)/p+1/t21-,22+,23?,24?,25?,29-,30+,34?,35?,36-,37-,38+,39-,40-,41?,42-,43-,53+,54-/m0/s1. The monoisotopic (exact) mass is 1410 g/mol. The molecule has 25 N–H and O–H groups in total. The summed E-state index contributed by atoms with van der Waals surface area (Å²) in [4.78, 5) is 131. The van der Waals surface area contributed by atoms with Crippen LogP contribution >= 0.6 is 22.7 Å². The van der Waals surface area contributed by atoms with Crippen molar-refractivity contribution < 1.29 is 103 Å². The lowest BCUT2D eigenvalue weighted by Gasteiger charge is -2.47. The second-order valence-corrected chi connectivity index (χ2v) is 27.0. The molecule has 0 spiro atoms. The Morgan fingerprint density at radius 2 is 1.47 bits per heavy atom. The Kier molecular flexibility index (Phi) is 29.0. The van der Waals surface area contributed by atoms with Gasteiger partial charge in [-0.2, -0.15) is 0 Å². The van der Waals surface area contributed by atoms with Crippen LogP contribution in [0.5, 0.6) is 0 Å². The molecule has 6 unspecified atom stereocenters. The van der Waals surface area contributed by atoms with E-state index < -0.39 is 183 Å². The van der Waals surface area contributed by atoms with Gasteiger partial charge in [0.2, 0.25) is 29.5 Å². The molecule has 6 heterocycles. The molecule has 0 aromatic carbocycles. The van der Waals surface area contributed by atoms with Gasteiger partial charge in [-0.3, -0.25) is 33.6 Å². The van der Waals surface area contributed by atoms with Crippen molar-refractivity contribution in [2.75, 3.05) is 56.8 Å². The highest BCUT2D eigenvalue weighted by atomic mass is 32.2. The second kappa shape index (κ2) is 35.8. The van der Waals surface area contributed by atoms with Gasteiger partial charge in [0.25, 0.3) is 11.8 Å². The molecule has 2 aliphatic rings. The molecule has 532 valence electrons. The molecule has 8 amide bonds. The van der Waals surface area contributed by atoms with Crippen LogP contribution in [0, 0.1) is 12.8 Å². The van der Waals surface area contributed by atoms with Gasteiger partial charge in [0, 0.05) is 55.2 Å². The molecular formula is C55H84N17O21S3+. The number of thiazole rings is 2. The Morgan fingerprint density at radius 3 is 2.09 bits per heavy atom. The number of aliphatic hydroxyl groups is 8. The van der Waals surface area contributed by atoms with Crippen LogP contribution in [-0.4, -0.2) is 267 Å². The minimum Gasteiger partial charge on any atom is -0.441 e. The third-order valence-corrected chi connectivity index (χ3v) is 18.2. The highest BCUT2D eigenvalue weighted by molar-refractivity contribution is 7.95. The molecule has 2 aliphatic heterocycles. The average Bonchev–Trinajstić information content (AvgIpc) is 0.885. The first-order chi connectivity index (χ1) is 45.3. The number of amides is 8. The van der Waals surface area contributed by atoms with Crippen LogP contribution < -0.4 is 60.6 Å². The molecule has 4 aromatic rings. The predicted molar refractivity (Wildman–Crippen MR) is 339 cm³/mol. The van der Waals surface area contributed by atoms with E-state index in [2.05, 4.69) is 74.3 Å². The lowest BCUT2D eigenvalue weighted by molar-refractivity contribution is -0.372. The van der Waals surface area contributed by atoms with E-state index in [-0.39, 0.29) is 64.9 Å². The minimum absolute atomic E-state index is 0.00498. The van der Waals surface area contributed by atoms with Crippen LogP contribution in [0.15, 0.2) is 23.3 Å². The third-order valence-electron chi connectivity index (χ3n) is 15.3. The first-order valence-electron chi connectivity index (χ1n) is 29.8. The van der Waals surface area contributed by atoms with Gasteiger partial charge in [-0.15, -0.1) is 22.7 Å². The lowest BCUT2D eigenvalue weighted by atomic mass is 9.96. The Hall–Kier alpha value is -7.30. The van der Waals surface area contributed by atoms with E-state index >= 15 is 4.79 Å². The van der Waals surface area contributed by atoms with Crippen LogP contribution in [0.2, 0.25) is 0 Å². The summed E-state index contributed by atoms with van der Waals surface area (Å²) in [5.74, 6) is -7.69. The van der Waals surface area contributed by atoms with Crippen molar-refractivity contribution in [3.05, 3.63) is 56.8 Å². The van der Waals surface area contributed by atoms with Crippen LogP contribution in [0.4, 0.5) is 10.6 Å². The van der Waals surface area contributed by atoms with E-state index in [1.165, 1.54) is 50.4 Å². The number of nitrogens with zero attached hydrogens (tertiary/aromatic N) is 5. The second-order valence-electron chi connectivity index (χ2n) is 22.8. The largest absolute Gasteiger partial charge is 0.441 e. The number of imidazole rings is 1. The molecule has 96 heavy (non-hydrogen) atoms. The molecular weight excluding hydrogens is 1330 g/mol. The van der Waals surface area contributed by atoms with Crippen LogP contribution in [0.25, 0.3) is 10.7 Å². The van der Waals surface area contributed by atoms with E-state index in [1.807, 2.05) is 0 Å². The number of nitrogens with two attached hydrogens (primary N) is 5. The van der Waals surface area contributed by atoms with E-state index in [0.29, 0.717) is 22.3 Å². The number of carbonyl (C=O) groups is 8. The predicted octanol–water partition coefficient (Wildman–Crippen LogP) is -7.70. The zero-order valence-electron chi connectivity index (χ0n) is 52.9. The van der Waals surface area contributed by atoms with Crippen molar-refractivity contribution in [3.63, 3.8) is 0 Å². The van der Waals surface area contributed by atoms with Crippen LogP contribution in [-0.2, 0) is 65.0 Å². The number of ether oxygens (including phenoxy) is 5. The Bertz CT molecular complexity index is 3280. The molecule has 0 saturated carbocycles. The molecule has 2 fully saturated rings. The fourth-order valence-corrected chi connectivity index (χ4v) is 12.1. The van der Waals surface area contributed by atoms with Crippen LogP contribution in [0.1, 0.15) is 88.8 Å². The molecule has 2 saturated heterocycles. The number of aliphatic hydroxyl groups excluding tert-OH is 8. The van der Waals surface area contributed by atoms with Gasteiger partial charge in [0.15, 0.2) is 18.7 Å². The minimum atomic E-state index is -2.20. The lowest BCUT2D eigenvalue weighted by Crippen LogP contribution is -2.65. The molecule has 4 aromatic heterocycles. The summed E-state index contributed by atoms with van der Waals surface area (Å²) in [6.07, 6.45) is -20.0. The SMILES string of the molecule is Cc1c(N)nc(C(CC(N)=O)NCC(N)C(N)=O)nc1C(=O)NC(C(=O)N[C@H](C)[C@@H](O)[C@H](C)C(=O)NC(C(=O)NCCc1nc(-c2nc(C(=O)NCCC[S+](C)C)cs2)cs1)C(C)O)C(O[C@@H]1O[C@@H](CO)[C@H](O)[C@H](O)[C@@H]1O[C@H]1O[C@H](CO)[C@@H](O)[C@H](OC(N)=O)[C@@H]1O)c1cnc[nH]1. The maximum atomic E-state index is 15.2. The number of hydrogen-bond donors (Lipinski definition) is 20. The normalized spacial score (nSPS) is 24.0. The number of primary amides is 3. The fraction of sp³-hybridized carbons (Fsp3) is 0.618. The van der Waals surface area contributed by atoms with Crippen molar-refractivity contribution in [3.8, 4) is 10.7 Å². The number of hydrogen-bond acceptors (Lipinski definition) is 31. The molecule has 0 radical (unpaired) electrons. The quantitative estimate of drug-likeness (QED) is 0.0150. The van der Waals surface area contributed by atoms with Gasteiger partial charge in [0.05, 0.1) is 85.2 Å². The highest BCUT2D eigenvalue weighted by Gasteiger charge is 2.54. The van der Waals surface area contributed by atoms with Gasteiger partial charge >= 0.3 is 6.09 Å². The summed E-state index contributed by atoms with van der Waals surface area (Å²) < 4.78 is 28.7. The van der Waals surface area contributed by atoms with E-state index in [1.54, 1.807) is 10.8 Å².